The van der Waals surface area contributed by atoms with Crippen LogP contribution in [0.5, 0.6) is 0 Å². The molecule has 72 valence electrons. The maximum absolute atomic E-state index is 12.3. The summed E-state index contributed by atoms with van der Waals surface area (Å²) in [5.74, 6) is 0. The molecule has 0 aliphatic carbocycles. The number of nitrogens with zero attached hydrogens (tertiary/aromatic N) is 1. The summed E-state index contributed by atoms with van der Waals surface area (Å²) in [6.07, 6.45) is -1.52. The summed E-state index contributed by atoms with van der Waals surface area (Å²) in [5, 5.41) is 0.0606. The summed E-state index contributed by atoms with van der Waals surface area (Å²) in [5.41, 5.74) is 6.18. The average molecular weight is 207 g/mol. The van der Waals surface area contributed by atoms with Crippen LogP contribution in [0.3, 0.4) is 0 Å². The zero-order chi connectivity index (χ0) is 10.0. The van der Waals surface area contributed by atoms with E-state index in [1.54, 1.807) is 6.92 Å². The molecule has 1 aromatic rings. The summed E-state index contributed by atoms with van der Waals surface area (Å²) in [4.78, 5) is 3.79. The van der Waals surface area contributed by atoms with E-state index in [4.69, 9.17) is 17.3 Å². The number of rotatable bonds is 2. The van der Waals surface area contributed by atoms with Crippen molar-refractivity contribution >= 4 is 11.6 Å². The van der Waals surface area contributed by atoms with E-state index < -0.39 is 6.43 Å². The normalized spacial score (nSPS) is 10.9. The molecular formula is C8H9ClF2N2. The number of nitrogens with two attached hydrogens (primary N) is 1. The number of hydrogen-bond acceptors (Lipinski definition) is 2. The Bertz CT molecular complexity index is 315. The topological polar surface area (TPSA) is 38.9 Å². The second-order valence-electron chi connectivity index (χ2n) is 2.60. The molecule has 1 rings (SSSR count). The standard InChI is InChI=1S/C8H9ClF2N2/c1-4-6(2-12)13-3-5(7(4)9)8(10)11/h3,8H,2,12H2,1H3. The highest BCUT2D eigenvalue weighted by atomic mass is 35.5. The van der Waals surface area contributed by atoms with Gasteiger partial charge in [-0.25, -0.2) is 8.78 Å². The molecule has 0 amide bonds. The molecule has 0 aliphatic rings. The van der Waals surface area contributed by atoms with Crippen molar-refractivity contribution in [1.82, 2.24) is 4.98 Å². The van der Waals surface area contributed by atoms with Gasteiger partial charge in [0.2, 0.25) is 0 Å². The lowest BCUT2D eigenvalue weighted by Gasteiger charge is -2.08. The van der Waals surface area contributed by atoms with E-state index in [9.17, 15) is 8.78 Å². The van der Waals surface area contributed by atoms with Gasteiger partial charge in [-0.3, -0.25) is 4.98 Å². The third-order valence-electron chi connectivity index (χ3n) is 1.80. The minimum Gasteiger partial charge on any atom is -0.325 e. The molecule has 0 aliphatic heterocycles. The van der Waals surface area contributed by atoms with Gasteiger partial charge in [0, 0.05) is 12.7 Å². The molecule has 5 heteroatoms. The van der Waals surface area contributed by atoms with Crippen LogP contribution in [0.4, 0.5) is 8.78 Å². The lowest BCUT2D eigenvalue weighted by Crippen LogP contribution is -2.04. The number of pyridine rings is 1. The van der Waals surface area contributed by atoms with Crippen molar-refractivity contribution in [2.45, 2.75) is 19.9 Å². The molecule has 2 nitrogen and oxygen atoms in total. The van der Waals surface area contributed by atoms with Gasteiger partial charge in [-0.15, -0.1) is 0 Å². The molecule has 0 spiro atoms. The minimum atomic E-state index is -2.59. The first-order valence-corrected chi connectivity index (χ1v) is 4.07. The van der Waals surface area contributed by atoms with Crippen LogP contribution in [0.2, 0.25) is 5.02 Å². The van der Waals surface area contributed by atoms with Gasteiger partial charge in [-0.05, 0) is 12.5 Å². The molecule has 0 atom stereocenters. The van der Waals surface area contributed by atoms with E-state index in [2.05, 4.69) is 4.98 Å². The van der Waals surface area contributed by atoms with E-state index in [-0.39, 0.29) is 17.1 Å². The van der Waals surface area contributed by atoms with Crippen LogP contribution < -0.4 is 5.73 Å². The van der Waals surface area contributed by atoms with Crippen molar-refractivity contribution in [3.8, 4) is 0 Å². The van der Waals surface area contributed by atoms with Crippen LogP contribution in [-0.2, 0) is 6.54 Å². The third kappa shape index (κ3) is 1.95. The molecule has 0 radical (unpaired) electrons. The lowest BCUT2D eigenvalue weighted by molar-refractivity contribution is 0.151. The molecule has 0 fully saturated rings. The molecule has 2 N–H and O–H groups in total. The van der Waals surface area contributed by atoms with Crippen molar-refractivity contribution in [2.24, 2.45) is 5.73 Å². The van der Waals surface area contributed by atoms with Crippen molar-refractivity contribution in [3.63, 3.8) is 0 Å². The van der Waals surface area contributed by atoms with Crippen LogP contribution in [0.15, 0.2) is 6.20 Å². The van der Waals surface area contributed by atoms with Crippen molar-refractivity contribution in [3.05, 3.63) is 28.0 Å². The van der Waals surface area contributed by atoms with Crippen molar-refractivity contribution in [2.75, 3.05) is 0 Å². The van der Waals surface area contributed by atoms with Crippen LogP contribution in [-0.4, -0.2) is 4.98 Å². The smallest absolute Gasteiger partial charge is 0.266 e. The number of halogens is 3. The van der Waals surface area contributed by atoms with E-state index >= 15 is 0 Å². The Morgan fingerprint density at radius 2 is 2.23 bits per heavy atom. The van der Waals surface area contributed by atoms with E-state index in [0.717, 1.165) is 6.20 Å². The predicted molar refractivity (Wildman–Crippen MR) is 46.8 cm³/mol. The Hall–Kier alpha value is -0.740. The van der Waals surface area contributed by atoms with Gasteiger partial charge in [-0.2, -0.15) is 0 Å². The molecule has 1 heterocycles. The first-order chi connectivity index (χ1) is 6.07. The van der Waals surface area contributed by atoms with Gasteiger partial charge in [0.05, 0.1) is 16.3 Å². The third-order valence-corrected chi connectivity index (χ3v) is 2.31. The largest absolute Gasteiger partial charge is 0.325 e. The van der Waals surface area contributed by atoms with Gasteiger partial charge in [0.25, 0.3) is 6.43 Å². The Morgan fingerprint density at radius 1 is 1.62 bits per heavy atom. The second-order valence-corrected chi connectivity index (χ2v) is 2.98. The van der Waals surface area contributed by atoms with E-state index in [1.165, 1.54) is 0 Å². The summed E-state index contributed by atoms with van der Waals surface area (Å²) in [6.45, 7) is 1.83. The highest BCUT2D eigenvalue weighted by Gasteiger charge is 2.15. The zero-order valence-electron chi connectivity index (χ0n) is 7.02. The summed E-state index contributed by atoms with van der Waals surface area (Å²) in [6, 6.07) is 0. The van der Waals surface area contributed by atoms with Crippen LogP contribution in [0, 0.1) is 6.92 Å². The van der Waals surface area contributed by atoms with Crippen molar-refractivity contribution < 1.29 is 8.78 Å². The quantitative estimate of drug-likeness (QED) is 0.807. The first kappa shape index (κ1) is 10.3. The first-order valence-electron chi connectivity index (χ1n) is 3.70. The van der Waals surface area contributed by atoms with E-state index in [1.807, 2.05) is 0 Å². The average Bonchev–Trinajstić information content (AvgIpc) is 2.09. The Kier molecular flexibility index (Phi) is 3.17. The number of aromatic nitrogens is 1. The lowest BCUT2D eigenvalue weighted by atomic mass is 10.1. The van der Waals surface area contributed by atoms with Gasteiger partial charge < -0.3 is 5.73 Å². The Morgan fingerprint density at radius 3 is 2.69 bits per heavy atom. The second kappa shape index (κ2) is 3.98. The fourth-order valence-corrected chi connectivity index (χ4v) is 1.24. The SMILES string of the molecule is Cc1c(CN)ncc(C(F)F)c1Cl. The fourth-order valence-electron chi connectivity index (χ4n) is 1.00. The highest BCUT2D eigenvalue weighted by Crippen LogP contribution is 2.29. The minimum absolute atomic E-state index is 0.0606. The van der Waals surface area contributed by atoms with Crippen LogP contribution in [0.1, 0.15) is 23.2 Å². The summed E-state index contributed by atoms with van der Waals surface area (Å²) >= 11 is 5.70. The highest BCUT2D eigenvalue weighted by molar-refractivity contribution is 6.32. The molecule has 0 bridgehead atoms. The van der Waals surface area contributed by atoms with Gasteiger partial charge in [-0.1, -0.05) is 11.6 Å². The molecule has 0 saturated heterocycles. The summed E-state index contributed by atoms with van der Waals surface area (Å²) in [7, 11) is 0. The molecular weight excluding hydrogens is 198 g/mol. The van der Waals surface area contributed by atoms with E-state index in [0.29, 0.717) is 11.3 Å². The van der Waals surface area contributed by atoms with Gasteiger partial charge in [0.1, 0.15) is 0 Å². The van der Waals surface area contributed by atoms with Gasteiger partial charge in [0.15, 0.2) is 0 Å². The monoisotopic (exact) mass is 206 g/mol. The Balaban J connectivity index is 3.23. The van der Waals surface area contributed by atoms with Gasteiger partial charge >= 0.3 is 0 Å². The molecule has 1 aromatic heterocycles. The number of alkyl halides is 2. The predicted octanol–water partition coefficient (Wildman–Crippen LogP) is 2.44. The fraction of sp³-hybridized carbons (Fsp3) is 0.375. The maximum atomic E-state index is 12.3. The zero-order valence-corrected chi connectivity index (χ0v) is 7.78. The molecule has 0 unspecified atom stereocenters. The maximum Gasteiger partial charge on any atom is 0.266 e. The summed E-state index contributed by atoms with van der Waals surface area (Å²) < 4.78 is 24.6. The van der Waals surface area contributed by atoms with Crippen LogP contribution >= 0.6 is 11.6 Å². The molecule has 13 heavy (non-hydrogen) atoms. The number of hydrogen-bond donors (Lipinski definition) is 1. The van der Waals surface area contributed by atoms with Crippen LogP contribution in [0.25, 0.3) is 0 Å². The molecule has 0 saturated carbocycles. The Labute approximate surface area is 79.7 Å². The van der Waals surface area contributed by atoms with Crippen molar-refractivity contribution in [1.29, 1.82) is 0 Å². The molecule has 0 aromatic carbocycles.